The normalized spacial score (nSPS) is 14.3. The van der Waals surface area contributed by atoms with Gasteiger partial charge in [-0.25, -0.2) is 0 Å². The molecule has 1 unspecified atom stereocenters. The summed E-state index contributed by atoms with van der Waals surface area (Å²) in [5, 5.41) is 2.95. The van der Waals surface area contributed by atoms with E-state index >= 15 is 0 Å². The quantitative estimate of drug-likeness (QED) is 0.827. The highest BCUT2D eigenvalue weighted by Gasteiger charge is 2.27. The molecule has 27 heavy (non-hydrogen) atoms. The van der Waals surface area contributed by atoms with Crippen LogP contribution in [0.25, 0.3) is 0 Å². The smallest absolute Gasteiger partial charge is 0.240 e. The molecule has 7 heteroatoms. The third-order valence-corrected chi connectivity index (χ3v) is 5.44. The molecule has 0 saturated heterocycles. The van der Waals surface area contributed by atoms with Crippen LogP contribution >= 0.6 is 11.8 Å². The van der Waals surface area contributed by atoms with Crippen LogP contribution in [-0.2, 0) is 9.59 Å². The Labute approximate surface area is 162 Å². The molecule has 6 nitrogen and oxygen atoms in total. The molecule has 3 rings (SSSR count). The lowest BCUT2D eigenvalue weighted by Gasteiger charge is -2.29. The molecule has 0 aromatic heterocycles. The van der Waals surface area contributed by atoms with Gasteiger partial charge in [0.15, 0.2) is 0 Å². The minimum Gasteiger partial charge on any atom is -0.497 e. The van der Waals surface area contributed by atoms with Crippen molar-refractivity contribution in [1.29, 1.82) is 0 Å². The summed E-state index contributed by atoms with van der Waals surface area (Å²) < 4.78 is 10.6. The van der Waals surface area contributed by atoms with Gasteiger partial charge in [0.2, 0.25) is 11.8 Å². The largest absolute Gasteiger partial charge is 0.497 e. The Morgan fingerprint density at radius 3 is 2.74 bits per heavy atom. The summed E-state index contributed by atoms with van der Waals surface area (Å²) in [7, 11) is 3.17. The second-order valence-corrected chi connectivity index (χ2v) is 7.15. The highest BCUT2D eigenvalue weighted by Crippen LogP contribution is 2.35. The number of anilines is 1. The summed E-state index contributed by atoms with van der Waals surface area (Å²) >= 11 is 1.50. The Morgan fingerprint density at radius 2 is 2.00 bits per heavy atom. The van der Waals surface area contributed by atoms with Gasteiger partial charge in [0.05, 0.1) is 31.7 Å². The SMILES string of the molecule is COc1ccc(C(C)NC(=O)CN2C(=O)CSc3ccccc32)c(OC)c1. The first-order valence-electron chi connectivity index (χ1n) is 8.57. The predicted octanol–water partition coefficient (Wildman–Crippen LogP) is 3.02. The van der Waals surface area contributed by atoms with E-state index in [4.69, 9.17) is 9.47 Å². The van der Waals surface area contributed by atoms with Gasteiger partial charge in [0.1, 0.15) is 18.0 Å². The van der Waals surface area contributed by atoms with Gasteiger partial charge >= 0.3 is 0 Å². The highest BCUT2D eigenvalue weighted by molar-refractivity contribution is 8.00. The molecular weight excluding hydrogens is 364 g/mol. The summed E-state index contributed by atoms with van der Waals surface area (Å²) in [4.78, 5) is 27.5. The zero-order valence-electron chi connectivity index (χ0n) is 15.5. The number of methoxy groups -OCH3 is 2. The monoisotopic (exact) mass is 386 g/mol. The average molecular weight is 386 g/mol. The number of nitrogens with one attached hydrogen (secondary N) is 1. The summed E-state index contributed by atoms with van der Waals surface area (Å²) in [6.45, 7) is 1.86. The highest BCUT2D eigenvalue weighted by atomic mass is 32.2. The molecule has 0 bridgehead atoms. The van der Waals surface area contributed by atoms with Crippen molar-refractivity contribution in [2.45, 2.75) is 17.9 Å². The topological polar surface area (TPSA) is 67.9 Å². The lowest BCUT2D eigenvalue weighted by molar-refractivity contribution is -0.123. The van der Waals surface area contributed by atoms with E-state index < -0.39 is 0 Å². The van der Waals surface area contributed by atoms with Crippen LogP contribution in [-0.4, -0.2) is 38.3 Å². The van der Waals surface area contributed by atoms with Gasteiger partial charge < -0.3 is 19.7 Å². The van der Waals surface area contributed by atoms with Gasteiger partial charge in [-0.05, 0) is 31.2 Å². The van der Waals surface area contributed by atoms with Crippen molar-refractivity contribution >= 4 is 29.3 Å². The van der Waals surface area contributed by atoms with Crippen molar-refractivity contribution in [2.75, 3.05) is 31.4 Å². The number of amides is 2. The minimum absolute atomic E-state index is 0.0147. The third kappa shape index (κ3) is 4.19. The second kappa shape index (κ2) is 8.35. The van der Waals surface area contributed by atoms with Crippen LogP contribution < -0.4 is 19.7 Å². The van der Waals surface area contributed by atoms with Crippen LogP contribution in [0.5, 0.6) is 11.5 Å². The number of para-hydroxylation sites is 1. The van der Waals surface area contributed by atoms with Crippen molar-refractivity contribution in [2.24, 2.45) is 0 Å². The van der Waals surface area contributed by atoms with Crippen molar-refractivity contribution < 1.29 is 19.1 Å². The fraction of sp³-hybridized carbons (Fsp3) is 0.300. The van der Waals surface area contributed by atoms with Gasteiger partial charge in [-0.15, -0.1) is 11.8 Å². The van der Waals surface area contributed by atoms with E-state index in [-0.39, 0.29) is 24.4 Å². The van der Waals surface area contributed by atoms with Crippen LogP contribution in [0.1, 0.15) is 18.5 Å². The molecule has 1 aliphatic rings. The maximum Gasteiger partial charge on any atom is 0.240 e. The first-order chi connectivity index (χ1) is 13.0. The molecule has 1 atom stereocenters. The van der Waals surface area contributed by atoms with E-state index in [2.05, 4.69) is 5.32 Å². The maximum absolute atomic E-state index is 12.6. The van der Waals surface area contributed by atoms with E-state index in [1.165, 1.54) is 11.8 Å². The van der Waals surface area contributed by atoms with Crippen LogP contribution in [0.3, 0.4) is 0 Å². The number of carbonyl (C=O) groups excluding carboxylic acids is 2. The van der Waals surface area contributed by atoms with Gasteiger partial charge in [-0.2, -0.15) is 0 Å². The zero-order chi connectivity index (χ0) is 19.4. The first-order valence-corrected chi connectivity index (χ1v) is 9.55. The lowest BCUT2D eigenvalue weighted by Crippen LogP contribution is -2.43. The lowest BCUT2D eigenvalue weighted by atomic mass is 10.1. The molecule has 0 spiro atoms. The number of benzene rings is 2. The molecule has 0 saturated carbocycles. The molecule has 0 aliphatic carbocycles. The van der Waals surface area contributed by atoms with Crippen molar-refractivity contribution in [1.82, 2.24) is 5.32 Å². The molecule has 2 aromatic rings. The van der Waals surface area contributed by atoms with Crippen LogP contribution in [0.15, 0.2) is 47.4 Å². The number of nitrogens with zero attached hydrogens (tertiary/aromatic N) is 1. The number of thioether (sulfide) groups is 1. The number of carbonyl (C=O) groups is 2. The maximum atomic E-state index is 12.6. The first kappa shape index (κ1) is 19.1. The Hall–Kier alpha value is -2.67. The number of rotatable bonds is 6. The zero-order valence-corrected chi connectivity index (χ0v) is 16.3. The molecule has 0 fully saturated rings. The van der Waals surface area contributed by atoms with Gasteiger partial charge in [0, 0.05) is 16.5 Å². The Morgan fingerprint density at radius 1 is 1.22 bits per heavy atom. The summed E-state index contributed by atoms with van der Waals surface area (Å²) in [5.41, 5.74) is 1.62. The number of hydrogen-bond acceptors (Lipinski definition) is 5. The van der Waals surface area contributed by atoms with Crippen LogP contribution in [0, 0.1) is 0 Å². The summed E-state index contributed by atoms with van der Waals surface area (Å²) in [5.74, 6) is 1.37. The molecule has 142 valence electrons. The summed E-state index contributed by atoms with van der Waals surface area (Å²) in [6, 6.07) is 12.8. The predicted molar refractivity (Wildman–Crippen MR) is 106 cm³/mol. The van der Waals surface area contributed by atoms with Crippen LogP contribution in [0.4, 0.5) is 5.69 Å². The summed E-state index contributed by atoms with van der Waals surface area (Å²) in [6.07, 6.45) is 0. The minimum atomic E-state index is -0.275. The van der Waals surface area contributed by atoms with Gasteiger partial charge in [-0.3, -0.25) is 9.59 Å². The van der Waals surface area contributed by atoms with Crippen molar-refractivity contribution in [3.63, 3.8) is 0 Å². The van der Waals surface area contributed by atoms with E-state index in [9.17, 15) is 9.59 Å². The molecule has 2 amide bonds. The van der Waals surface area contributed by atoms with E-state index in [0.717, 1.165) is 16.1 Å². The Bertz CT molecular complexity index is 856. The number of hydrogen-bond donors (Lipinski definition) is 1. The van der Waals surface area contributed by atoms with E-state index in [0.29, 0.717) is 17.3 Å². The average Bonchev–Trinajstić information content (AvgIpc) is 2.69. The van der Waals surface area contributed by atoms with Gasteiger partial charge in [-0.1, -0.05) is 12.1 Å². The fourth-order valence-electron chi connectivity index (χ4n) is 3.01. The molecule has 0 radical (unpaired) electrons. The second-order valence-electron chi connectivity index (χ2n) is 6.13. The van der Waals surface area contributed by atoms with Crippen LogP contribution in [0.2, 0.25) is 0 Å². The number of fused-ring (bicyclic) bond motifs is 1. The third-order valence-electron chi connectivity index (χ3n) is 4.39. The van der Waals surface area contributed by atoms with Gasteiger partial charge in [0.25, 0.3) is 0 Å². The van der Waals surface area contributed by atoms with Crippen molar-refractivity contribution in [3.05, 3.63) is 48.0 Å². The van der Waals surface area contributed by atoms with Crippen molar-refractivity contribution in [3.8, 4) is 11.5 Å². The Balaban J connectivity index is 1.72. The van der Waals surface area contributed by atoms with E-state index in [1.54, 1.807) is 25.2 Å². The van der Waals surface area contributed by atoms with E-state index in [1.807, 2.05) is 43.3 Å². The molecule has 1 N–H and O–H groups in total. The molecule has 1 aliphatic heterocycles. The molecular formula is C20H22N2O4S. The fourth-order valence-corrected chi connectivity index (χ4v) is 3.95. The number of ether oxygens (including phenoxy) is 2. The Kier molecular flexibility index (Phi) is 5.91. The molecule has 2 aromatic carbocycles. The molecule has 1 heterocycles. The standard InChI is InChI=1S/C20H22N2O4S/c1-13(15-9-8-14(25-2)10-17(15)26-3)21-19(23)11-22-16-6-4-5-7-18(16)27-12-20(22)24/h4-10,13H,11-12H2,1-3H3,(H,21,23).